The zero-order valence-electron chi connectivity index (χ0n) is 9.77. The normalized spacial score (nSPS) is 9.89. The van der Waals surface area contributed by atoms with Crippen molar-refractivity contribution < 1.29 is 4.79 Å². The molecule has 0 unspecified atom stereocenters. The topological polar surface area (TPSA) is 54.0 Å². The van der Waals surface area contributed by atoms with Crippen LogP contribution < -0.4 is 10.6 Å². The highest BCUT2D eigenvalue weighted by molar-refractivity contribution is 9.10. The Bertz CT molecular complexity index is 557. The molecule has 0 aliphatic heterocycles. The molecular weight excluding hydrogens is 294 g/mol. The van der Waals surface area contributed by atoms with Crippen LogP contribution >= 0.6 is 15.9 Å². The Kier molecular flexibility index (Phi) is 3.94. The smallest absolute Gasteiger partial charge is 0.307 e. The molecule has 0 saturated carbocycles. The van der Waals surface area contributed by atoms with E-state index in [2.05, 4.69) is 31.5 Å². The number of hydrogen-bond acceptors (Lipinski definition) is 2. The van der Waals surface area contributed by atoms with Gasteiger partial charge in [0, 0.05) is 16.4 Å². The summed E-state index contributed by atoms with van der Waals surface area (Å²) >= 11 is 3.38. The van der Waals surface area contributed by atoms with Crippen LogP contribution in [0.1, 0.15) is 5.56 Å². The number of carbonyl (C=O) groups is 1. The molecular formula is C13H12BrN3O. The van der Waals surface area contributed by atoms with Gasteiger partial charge < -0.3 is 10.6 Å². The number of nitrogens with one attached hydrogen (secondary N) is 2. The zero-order chi connectivity index (χ0) is 13.0. The summed E-state index contributed by atoms with van der Waals surface area (Å²) in [6, 6.07) is 8.93. The first-order valence-electron chi connectivity index (χ1n) is 5.39. The number of rotatable bonds is 2. The Labute approximate surface area is 114 Å². The van der Waals surface area contributed by atoms with Gasteiger partial charge in [-0.05, 0) is 42.8 Å². The zero-order valence-corrected chi connectivity index (χ0v) is 11.4. The molecule has 2 N–H and O–H groups in total. The maximum absolute atomic E-state index is 11.8. The lowest BCUT2D eigenvalue weighted by molar-refractivity contribution is 0.262. The molecule has 1 aromatic heterocycles. The summed E-state index contributed by atoms with van der Waals surface area (Å²) in [6.07, 6.45) is 3.25. The van der Waals surface area contributed by atoms with E-state index < -0.39 is 0 Å². The summed E-state index contributed by atoms with van der Waals surface area (Å²) in [5, 5.41) is 5.50. The number of hydrogen-bond donors (Lipinski definition) is 2. The van der Waals surface area contributed by atoms with Gasteiger partial charge in [0.25, 0.3) is 0 Å². The van der Waals surface area contributed by atoms with Crippen molar-refractivity contribution in [3.8, 4) is 0 Å². The van der Waals surface area contributed by atoms with Crippen LogP contribution in [-0.2, 0) is 0 Å². The molecule has 4 nitrogen and oxygen atoms in total. The van der Waals surface area contributed by atoms with Crippen molar-refractivity contribution in [2.45, 2.75) is 6.92 Å². The predicted octanol–water partition coefficient (Wildman–Crippen LogP) is 3.80. The third-order valence-electron chi connectivity index (χ3n) is 2.36. The molecule has 2 amide bonds. The summed E-state index contributed by atoms with van der Waals surface area (Å²) in [7, 11) is 0. The molecule has 0 atom stereocenters. The van der Waals surface area contributed by atoms with E-state index in [9.17, 15) is 4.79 Å². The second-order valence-corrected chi connectivity index (χ2v) is 4.70. The number of aryl methyl sites for hydroxylation is 1. The number of halogens is 1. The third-order valence-corrected chi connectivity index (χ3v) is 2.85. The molecule has 1 heterocycles. The van der Waals surface area contributed by atoms with Crippen LogP contribution in [0.3, 0.4) is 0 Å². The van der Waals surface area contributed by atoms with E-state index in [1.54, 1.807) is 24.5 Å². The lowest BCUT2D eigenvalue weighted by Crippen LogP contribution is -2.19. The number of anilines is 2. The van der Waals surface area contributed by atoms with E-state index in [1.807, 2.05) is 25.1 Å². The summed E-state index contributed by atoms with van der Waals surface area (Å²) in [5.41, 5.74) is 2.43. The van der Waals surface area contributed by atoms with E-state index in [1.165, 1.54) is 0 Å². The monoisotopic (exact) mass is 305 g/mol. The van der Waals surface area contributed by atoms with Gasteiger partial charge in [-0.1, -0.05) is 15.9 Å². The lowest BCUT2D eigenvalue weighted by atomic mass is 10.2. The Morgan fingerprint density at radius 3 is 2.78 bits per heavy atom. The predicted molar refractivity (Wildman–Crippen MR) is 75.8 cm³/mol. The maximum Gasteiger partial charge on any atom is 0.323 e. The molecule has 92 valence electrons. The van der Waals surface area contributed by atoms with E-state index in [4.69, 9.17) is 0 Å². The van der Waals surface area contributed by atoms with E-state index in [-0.39, 0.29) is 6.03 Å². The van der Waals surface area contributed by atoms with Crippen LogP contribution in [-0.4, -0.2) is 11.0 Å². The SMILES string of the molecule is Cc1cc(Br)ccc1NC(=O)Nc1cccnc1. The summed E-state index contributed by atoms with van der Waals surface area (Å²) < 4.78 is 0.984. The van der Waals surface area contributed by atoms with Crippen LogP contribution in [0.2, 0.25) is 0 Å². The standard InChI is InChI=1S/C13H12BrN3O/c1-9-7-10(14)4-5-12(9)17-13(18)16-11-3-2-6-15-8-11/h2-8H,1H3,(H2,16,17,18). The Hall–Kier alpha value is -1.88. The largest absolute Gasteiger partial charge is 0.323 e. The molecule has 2 rings (SSSR count). The number of amides is 2. The molecule has 18 heavy (non-hydrogen) atoms. The first kappa shape index (κ1) is 12.6. The summed E-state index contributed by atoms with van der Waals surface area (Å²) in [6.45, 7) is 1.93. The first-order chi connectivity index (χ1) is 8.65. The van der Waals surface area contributed by atoms with E-state index in [0.29, 0.717) is 5.69 Å². The average molecular weight is 306 g/mol. The minimum Gasteiger partial charge on any atom is -0.307 e. The molecule has 0 saturated heterocycles. The van der Waals surface area contributed by atoms with Gasteiger partial charge in [0.05, 0.1) is 11.9 Å². The highest BCUT2D eigenvalue weighted by atomic mass is 79.9. The van der Waals surface area contributed by atoms with Crippen LogP contribution in [0.25, 0.3) is 0 Å². The Morgan fingerprint density at radius 1 is 1.28 bits per heavy atom. The number of urea groups is 1. The van der Waals surface area contributed by atoms with Crippen LogP contribution in [0.15, 0.2) is 47.2 Å². The molecule has 0 aliphatic rings. The quantitative estimate of drug-likeness (QED) is 0.886. The molecule has 0 spiro atoms. The van der Waals surface area contributed by atoms with Gasteiger partial charge in [-0.15, -0.1) is 0 Å². The molecule has 5 heteroatoms. The average Bonchev–Trinajstić information content (AvgIpc) is 2.34. The molecule has 0 aliphatic carbocycles. The first-order valence-corrected chi connectivity index (χ1v) is 6.18. The number of carbonyl (C=O) groups excluding carboxylic acids is 1. The second kappa shape index (κ2) is 5.64. The van der Waals surface area contributed by atoms with Crippen molar-refractivity contribution in [2.24, 2.45) is 0 Å². The van der Waals surface area contributed by atoms with Gasteiger partial charge in [0.1, 0.15) is 0 Å². The Morgan fingerprint density at radius 2 is 2.11 bits per heavy atom. The van der Waals surface area contributed by atoms with E-state index in [0.717, 1.165) is 15.7 Å². The highest BCUT2D eigenvalue weighted by Crippen LogP contribution is 2.20. The van der Waals surface area contributed by atoms with Crippen molar-refractivity contribution in [1.29, 1.82) is 0 Å². The fraction of sp³-hybridized carbons (Fsp3) is 0.0769. The van der Waals surface area contributed by atoms with Crippen molar-refractivity contribution in [3.05, 3.63) is 52.8 Å². The molecule has 0 bridgehead atoms. The van der Waals surface area contributed by atoms with Crippen molar-refractivity contribution in [3.63, 3.8) is 0 Å². The maximum atomic E-state index is 11.8. The third kappa shape index (κ3) is 3.30. The van der Waals surface area contributed by atoms with Gasteiger partial charge in [-0.3, -0.25) is 4.98 Å². The number of aromatic nitrogens is 1. The van der Waals surface area contributed by atoms with Crippen LogP contribution in [0, 0.1) is 6.92 Å². The highest BCUT2D eigenvalue weighted by Gasteiger charge is 2.04. The molecule has 1 aromatic carbocycles. The summed E-state index contributed by atoms with van der Waals surface area (Å²) in [4.78, 5) is 15.7. The molecule has 0 radical (unpaired) electrons. The fourth-order valence-corrected chi connectivity index (χ4v) is 1.96. The van der Waals surface area contributed by atoms with Crippen molar-refractivity contribution >= 4 is 33.3 Å². The van der Waals surface area contributed by atoms with Gasteiger partial charge in [-0.2, -0.15) is 0 Å². The molecule has 0 fully saturated rings. The van der Waals surface area contributed by atoms with Gasteiger partial charge >= 0.3 is 6.03 Å². The molecule has 2 aromatic rings. The minimum absolute atomic E-state index is 0.284. The van der Waals surface area contributed by atoms with Crippen molar-refractivity contribution in [2.75, 3.05) is 10.6 Å². The van der Waals surface area contributed by atoms with Gasteiger partial charge in [0.15, 0.2) is 0 Å². The van der Waals surface area contributed by atoms with Crippen LogP contribution in [0.5, 0.6) is 0 Å². The van der Waals surface area contributed by atoms with Gasteiger partial charge in [-0.25, -0.2) is 4.79 Å². The lowest BCUT2D eigenvalue weighted by Gasteiger charge is -2.09. The van der Waals surface area contributed by atoms with Gasteiger partial charge in [0.2, 0.25) is 0 Å². The Balaban J connectivity index is 2.03. The second-order valence-electron chi connectivity index (χ2n) is 3.78. The fourth-order valence-electron chi connectivity index (χ4n) is 1.49. The van der Waals surface area contributed by atoms with Crippen LogP contribution in [0.4, 0.5) is 16.2 Å². The number of nitrogens with zero attached hydrogens (tertiary/aromatic N) is 1. The summed E-state index contributed by atoms with van der Waals surface area (Å²) in [5.74, 6) is 0. The number of pyridine rings is 1. The minimum atomic E-state index is -0.284. The van der Waals surface area contributed by atoms with Crippen molar-refractivity contribution in [1.82, 2.24) is 4.98 Å². The number of benzene rings is 1. The van der Waals surface area contributed by atoms with E-state index >= 15 is 0 Å².